The van der Waals surface area contributed by atoms with Gasteiger partial charge in [0.15, 0.2) is 17.7 Å². The third-order valence-electron chi connectivity index (χ3n) is 3.29. The predicted octanol–water partition coefficient (Wildman–Crippen LogP) is 3.26. The Bertz CT molecular complexity index is 801. The Morgan fingerprint density at radius 2 is 1.96 bits per heavy atom. The predicted molar refractivity (Wildman–Crippen MR) is 88.7 cm³/mol. The van der Waals surface area contributed by atoms with E-state index in [1.807, 2.05) is 18.2 Å². The maximum atomic E-state index is 12.1. The number of halogens is 1. The molecule has 3 aromatic rings. The molecule has 0 radical (unpaired) electrons. The van der Waals surface area contributed by atoms with E-state index in [2.05, 4.69) is 10.3 Å². The van der Waals surface area contributed by atoms with E-state index in [1.165, 1.54) is 0 Å². The summed E-state index contributed by atoms with van der Waals surface area (Å²) in [4.78, 5) is 15.1. The van der Waals surface area contributed by atoms with Crippen LogP contribution in [0.5, 0.6) is 5.75 Å². The number of amides is 1. The molecule has 24 heavy (non-hydrogen) atoms. The summed E-state index contributed by atoms with van der Waals surface area (Å²) in [7, 11) is 0. The first-order valence-corrected chi connectivity index (χ1v) is 7.79. The molecule has 0 aliphatic rings. The summed E-state index contributed by atoms with van der Waals surface area (Å²) >= 11 is 5.82. The second-order valence-electron chi connectivity index (χ2n) is 5.08. The average molecular weight is 344 g/mol. The zero-order valence-electron chi connectivity index (χ0n) is 12.8. The smallest absolute Gasteiger partial charge is 0.287 e. The van der Waals surface area contributed by atoms with Crippen molar-refractivity contribution in [1.82, 2.24) is 5.32 Å². The molecule has 2 aromatic heterocycles. The van der Waals surface area contributed by atoms with Gasteiger partial charge in [0.05, 0.1) is 0 Å². The van der Waals surface area contributed by atoms with Crippen molar-refractivity contribution in [3.63, 3.8) is 0 Å². The summed E-state index contributed by atoms with van der Waals surface area (Å²) in [5.74, 6) is 1.23. The molecule has 0 atom stereocenters. The van der Waals surface area contributed by atoms with Gasteiger partial charge < -0.3 is 14.5 Å². The number of hydrogen-bond acceptors (Lipinski definition) is 3. The second kappa shape index (κ2) is 7.66. The van der Waals surface area contributed by atoms with Gasteiger partial charge in [-0.15, -0.1) is 0 Å². The number of carbonyl (C=O) groups is 1. The van der Waals surface area contributed by atoms with Gasteiger partial charge in [0.25, 0.3) is 5.91 Å². The normalized spacial score (nSPS) is 10.4. The number of aromatic nitrogens is 1. The van der Waals surface area contributed by atoms with Gasteiger partial charge in [-0.05, 0) is 36.4 Å². The highest BCUT2D eigenvalue weighted by Crippen LogP contribution is 2.17. The van der Waals surface area contributed by atoms with E-state index in [9.17, 15) is 4.79 Å². The molecule has 0 unspecified atom stereocenters. The van der Waals surface area contributed by atoms with Crippen LogP contribution in [0.2, 0.25) is 5.02 Å². The fourth-order valence-corrected chi connectivity index (χ4v) is 2.19. The molecule has 0 aliphatic carbocycles. The summed E-state index contributed by atoms with van der Waals surface area (Å²) < 4.78 is 11.1. The summed E-state index contributed by atoms with van der Waals surface area (Å²) in [6, 6.07) is 16.1. The summed E-state index contributed by atoms with van der Waals surface area (Å²) in [6.07, 6.45) is 1.81. The lowest BCUT2D eigenvalue weighted by Crippen LogP contribution is -2.26. The molecule has 1 amide bonds. The third kappa shape index (κ3) is 4.36. The van der Waals surface area contributed by atoms with Gasteiger partial charge in [0.1, 0.15) is 24.7 Å². The van der Waals surface area contributed by atoms with Crippen LogP contribution in [0.25, 0.3) is 0 Å². The lowest BCUT2D eigenvalue weighted by atomic mass is 10.3. The Kier molecular flexibility index (Phi) is 5.13. The zero-order valence-corrected chi connectivity index (χ0v) is 13.5. The topological polar surface area (TPSA) is 65.6 Å². The SMILES string of the molecule is O=C(NCc1cccc[nH+]1)c1ccc(COc2ccc(Cl)cc2)o1. The molecule has 2 N–H and O–H groups in total. The van der Waals surface area contributed by atoms with Crippen LogP contribution >= 0.6 is 11.6 Å². The standard InChI is InChI=1S/C18H15ClN2O3/c19-13-4-6-15(7-5-13)23-12-16-8-9-17(24-16)18(22)21-11-14-3-1-2-10-20-14/h1-10H,11-12H2,(H,21,22)/p+1. The molecule has 0 aliphatic heterocycles. The van der Waals surface area contributed by atoms with E-state index < -0.39 is 0 Å². The Balaban J connectivity index is 1.52. The Hall–Kier alpha value is -2.79. The van der Waals surface area contributed by atoms with E-state index in [-0.39, 0.29) is 18.3 Å². The fourth-order valence-electron chi connectivity index (χ4n) is 2.07. The molecule has 2 heterocycles. The summed E-state index contributed by atoms with van der Waals surface area (Å²) in [5.41, 5.74) is 0.906. The molecule has 122 valence electrons. The van der Waals surface area contributed by atoms with Crippen molar-refractivity contribution in [3.8, 4) is 5.75 Å². The van der Waals surface area contributed by atoms with Crippen molar-refractivity contribution in [3.05, 3.63) is 83.0 Å². The van der Waals surface area contributed by atoms with E-state index >= 15 is 0 Å². The largest absolute Gasteiger partial charge is 0.486 e. The number of carbonyl (C=O) groups excluding carboxylic acids is 1. The second-order valence-corrected chi connectivity index (χ2v) is 5.52. The third-order valence-corrected chi connectivity index (χ3v) is 3.55. The molecule has 3 rings (SSSR count). The lowest BCUT2D eigenvalue weighted by Gasteiger charge is -2.04. The number of nitrogens with one attached hydrogen (secondary N) is 2. The summed E-state index contributed by atoms with van der Waals surface area (Å²) in [5, 5.41) is 3.44. The maximum Gasteiger partial charge on any atom is 0.287 e. The summed E-state index contributed by atoms with van der Waals surface area (Å²) in [6.45, 7) is 0.637. The molecule has 0 spiro atoms. The first-order valence-electron chi connectivity index (χ1n) is 7.41. The molecule has 5 nitrogen and oxygen atoms in total. The highest BCUT2D eigenvalue weighted by Gasteiger charge is 2.12. The van der Waals surface area contributed by atoms with Gasteiger partial charge in [0, 0.05) is 17.2 Å². The van der Waals surface area contributed by atoms with E-state index in [0.717, 1.165) is 5.69 Å². The molecule has 6 heteroatoms. The number of benzene rings is 1. The van der Waals surface area contributed by atoms with Crippen LogP contribution in [-0.4, -0.2) is 5.91 Å². The van der Waals surface area contributed by atoms with Crippen molar-refractivity contribution < 1.29 is 18.9 Å². The Morgan fingerprint density at radius 3 is 2.71 bits per heavy atom. The van der Waals surface area contributed by atoms with Crippen LogP contribution in [0.15, 0.2) is 65.2 Å². The molecular weight excluding hydrogens is 328 g/mol. The highest BCUT2D eigenvalue weighted by molar-refractivity contribution is 6.30. The molecule has 0 saturated carbocycles. The first kappa shape index (κ1) is 16.1. The highest BCUT2D eigenvalue weighted by atomic mass is 35.5. The van der Waals surface area contributed by atoms with Gasteiger partial charge in [-0.1, -0.05) is 17.7 Å². The van der Waals surface area contributed by atoms with Gasteiger partial charge in [0.2, 0.25) is 0 Å². The van der Waals surface area contributed by atoms with Crippen molar-refractivity contribution in [2.24, 2.45) is 0 Å². The number of pyridine rings is 1. The monoisotopic (exact) mass is 343 g/mol. The molecule has 1 aromatic carbocycles. The van der Waals surface area contributed by atoms with Gasteiger partial charge >= 0.3 is 0 Å². The minimum Gasteiger partial charge on any atom is -0.486 e. The van der Waals surface area contributed by atoms with Gasteiger partial charge in [-0.3, -0.25) is 4.79 Å². The van der Waals surface area contributed by atoms with Crippen molar-refractivity contribution >= 4 is 17.5 Å². The van der Waals surface area contributed by atoms with Crippen LogP contribution in [0.4, 0.5) is 0 Å². The Morgan fingerprint density at radius 1 is 1.12 bits per heavy atom. The molecular formula is C18H16ClN2O3+. The van der Waals surface area contributed by atoms with E-state index in [4.69, 9.17) is 20.8 Å². The van der Waals surface area contributed by atoms with Crippen molar-refractivity contribution in [1.29, 1.82) is 0 Å². The number of aromatic amines is 1. The number of ether oxygens (including phenoxy) is 1. The lowest BCUT2D eigenvalue weighted by molar-refractivity contribution is -0.390. The molecule has 0 bridgehead atoms. The van der Waals surface area contributed by atoms with E-state index in [1.54, 1.807) is 42.6 Å². The number of H-pyrrole nitrogens is 1. The quantitative estimate of drug-likeness (QED) is 0.747. The average Bonchev–Trinajstić information content (AvgIpc) is 3.09. The minimum atomic E-state index is -0.273. The van der Waals surface area contributed by atoms with Gasteiger partial charge in [-0.2, -0.15) is 0 Å². The van der Waals surface area contributed by atoms with Crippen LogP contribution in [0.1, 0.15) is 22.0 Å². The molecule has 0 fully saturated rings. The van der Waals surface area contributed by atoms with Gasteiger partial charge in [-0.25, -0.2) is 4.98 Å². The van der Waals surface area contributed by atoms with Crippen LogP contribution in [0.3, 0.4) is 0 Å². The first-order chi connectivity index (χ1) is 11.7. The van der Waals surface area contributed by atoms with Crippen molar-refractivity contribution in [2.75, 3.05) is 0 Å². The van der Waals surface area contributed by atoms with Crippen LogP contribution in [0, 0.1) is 0 Å². The number of rotatable bonds is 6. The van der Waals surface area contributed by atoms with E-state index in [0.29, 0.717) is 23.1 Å². The van der Waals surface area contributed by atoms with Crippen LogP contribution in [-0.2, 0) is 13.2 Å². The number of hydrogen-bond donors (Lipinski definition) is 1. The Labute approximate surface area is 144 Å². The fraction of sp³-hybridized carbons (Fsp3) is 0.111. The maximum absolute atomic E-state index is 12.1. The zero-order chi connectivity index (χ0) is 16.8. The minimum absolute atomic E-state index is 0.237. The van der Waals surface area contributed by atoms with Crippen molar-refractivity contribution in [2.45, 2.75) is 13.2 Å². The number of furan rings is 1. The van der Waals surface area contributed by atoms with Crippen LogP contribution < -0.4 is 15.0 Å². The molecule has 0 saturated heterocycles.